The average molecular weight is 385 g/mol. The lowest BCUT2D eigenvalue weighted by Gasteiger charge is -2.36. The topological polar surface area (TPSA) is 107 Å². The predicted octanol–water partition coefficient (Wildman–Crippen LogP) is 3.19. The molecule has 2 aromatic carbocycles. The molecule has 0 aromatic heterocycles. The van der Waals surface area contributed by atoms with Crippen LogP contribution in [-0.2, 0) is 4.74 Å². The first kappa shape index (κ1) is 20.4. The van der Waals surface area contributed by atoms with E-state index in [9.17, 15) is 15.3 Å². The van der Waals surface area contributed by atoms with Gasteiger partial charge in [0.15, 0.2) is 6.23 Å². The average Bonchev–Trinajstić information content (AvgIpc) is 2.66. The number of hydrogen-bond acceptors (Lipinski definition) is 7. The fourth-order valence-electron chi connectivity index (χ4n) is 2.99. The quantitative estimate of drug-likeness (QED) is 0.605. The number of rotatable bonds is 4. The number of aliphatic hydroxyl groups is 3. The third kappa shape index (κ3) is 4.39. The molecule has 0 aliphatic carbocycles. The van der Waals surface area contributed by atoms with E-state index in [1.54, 1.807) is 0 Å². The Morgan fingerprint density at radius 1 is 0.857 bits per heavy atom. The molecule has 1 aliphatic rings. The lowest BCUT2D eigenvalue weighted by Crippen LogP contribution is -2.55. The number of nitrogens with zero attached hydrogens (tertiary/aromatic N) is 2. The maximum Gasteiger partial charge on any atom is 0.156 e. The molecule has 1 saturated heterocycles. The fourth-order valence-corrected chi connectivity index (χ4v) is 2.99. The summed E-state index contributed by atoms with van der Waals surface area (Å²) in [4.78, 5) is 0. The molecule has 2 aromatic rings. The van der Waals surface area contributed by atoms with Gasteiger partial charge in [-0.25, -0.2) is 0 Å². The molecule has 7 nitrogen and oxygen atoms in total. The van der Waals surface area contributed by atoms with Gasteiger partial charge in [0.25, 0.3) is 0 Å². The van der Waals surface area contributed by atoms with Gasteiger partial charge < -0.3 is 25.4 Å². The smallest absolute Gasteiger partial charge is 0.156 e. The number of aliphatic hydroxyl groups excluding tert-OH is 3. The Morgan fingerprint density at radius 2 is 1.54 bits per heavy atom. The summed E-state index contributed by atoms with van der Waals surface area (Å²) in [6.45, 7) is 7.96. The van der Waals surface area contributed by atoms with E-state index in [4.69, 9.17) is 4.74 Å². The van der Waals surface area contributed by atoms with E-state index in [2.05, 4.69) is 15.5 Å². The van der Waals surface area contributed by atoms with Crippen LogP contribution in [0.25, 0.3) is 0 Å². The Balaban J connectivity index is 1.88. The number of azo groups is 1. The van der Waals surface area contributed by atoms with Crippen molar-refractivity contribution < 1.29 is 20.1 Å². The summed E-state index contributed by atoms with van der Waals surface area (Å²) in [6, 6.07) is 9.69. The highest BCUT2D eigenvalue weighted by molar-refractivity contribution is 5.68. The van der Waals surface area contributed by atoms with Gasteiger partial charge in [-0.2, -0.15) is 5.11 Å². The zero-order chi connectivity index (χ0) is 20.4. The minimum atomic E-state index is -1.28. The number of ether oxygens (including phenoxy) is 1. The zero-order valence-corrected chi connectivity index (χ0v) is 16.5. The second kappa shape index (κ2) is 8.36. The van der Waals surface area contributed by atoms with Gasteiger partial charge in [-0.1, -0.05) is 6.07 Å². The Labute approximate surface area is 164 Å². The summed E-state index contributed by atoms with van der Waals surface area (Å²) in [5.74, 6) is 0. The van der Waals surface area contributed by atoms with Crippen molar-refractivity contribution in [3.8, 4) is 0 Å². The van der Waals surface area contributed by atoms with Gasteiger partial charge in [0.05, 0.1) is 18.0 Å². The molecule has 0 amide bonds. The number of anilines is 1. The molecular formula is C21H27N3O4. The minimum absolute atomic E-state index is 0.0692. The largest absolute Gasteiger partial charge is 0.388 e. The Morgan fingerprint density at radius 3 is 2.25 bits per heavy atom. The van der Waals surface area contributed by atoms with Gasteiger partial charge >= 0.3 is 0 Å². The van der Waals surface area contributed by atoms with Gasteiger partial charge in [0.1, 0.15) is 24.0 Å². The van der Waals surface area contributed by atoms with Crippen LogP contribution in [0.2, 0.25) is 0 Å². The van der Waals surface area contributed by atoms with Crippen LogP contribution in [-0.4, -0.2) is 46.5 Å². The van der Waals surface area contributed by atoms with E-state index in [-0.39, 0.29) is 6.61 Å². The molecule has 0 saturated carbocycles. The summed E-state index contributed by atoms with van der Waals surface area (Å²) in [7, 11) is 0. The molecule has 1 heterocycles. The van der Waals surface area contributed by atoms with Crippen molar-refractivity contribution in [1.29, 1.82) is 0 Å². The van der Waals surface area contributed by atoms with Crippen LogP contribution in [0.5, 0.6) is 0 Å². The summed E-state index contributed by atoms with van der Waals surface area (Å²) >= 11 is 0. The minimum Gasteiger partial charge on any atom is -0.388 e. The molecule has 4 N–H and O–H groups in total. The van der Waals surface area contributed by atoms with Gasteiger partial charge in [-0.05, 0) is 74.2 Å². The maximum atomic E-state index is 10.2. The Hall–Kier alpha value is -2.32. The standard InChI is InChI=1S/C21H27N3O4/c1-11-5-6-15(7-12(11)2)23-24-17-9-14(4)13(3)8-16(17)22-21-20(27)19(26)18(25)10-28-21/h5-9,18-22,25-27H,10H2,1-4H3/t18-,19-,20-,21+/m1/s1. The molecule has 0 bridgehead atoms. The van der Waals surface area contributed by atoms with Crippen molar-refractivity contribution in [3.05, 3.63) is 52.6 Å². The zero-order valence-electron chi connectivity index (χ0n) is 16.5. The predicted molar refractivity (Wildman–Crippen MR) is 107 cm³/mol. The van der Waals surface area contributed by atoms with E-state index in [0.717, 1.165) is 22.4 Å². The molecule has 0 spiro atoms. The Bertz CT molecular complexity index is 884. The molecule has 4 atom stereocenters. The van der Waals surface area contributed by atoms with Gasteiger partial charge in [0, 0.05) is 0 Å². The lowest BCUT2D eigenvalue weighted by molar-refractivity contribution is -0.178. The summed E-state index contributed by atoms with van der Waals surface area (Å²) in [5, 5.41) is 41.5. The van der Waals surface area contributed by atoms with Gasteiger partial charge in [-0.3, -0.25) is 0 Å². The highest BCUT2D eigenvalue weighted by Crippen LogP contribution is 2.32. The number of hydrogen-bond donors (Lipinski definition) is 4. The van der Waals surface area contributed by atoms with Crippen LogP contribution in [0.1, 0.15) is 22.3 Å². The van der Waals surface area contributed by atoms with Crippen LogP contribution >= 0.6 is 0 Å². The number of benzene rings is 2. The van der Waals surface area contributed by atoms with Crippen molar-refractivity contribution >= 4 is 17.1 Å². The third-order valence-corrected chi connectivity index (χ3v) is 5.17. The monoisotopic (exact) mass is 385 g/mol. The first-order valence-corrected chi connectivity index (χ1v) is 9.29. The summed E-state index contributed by atoms with van der Waals surface area (Å²) in [5.41, 5.74) is 6.40. The SMILES string of the molecule is Cc1ccc(N=Nc2cc(C)c(C)cc2N[C@H]2OC[C@@H](O)[C@@H](O)[C@H]2O)cc1C. The highest BCUT2D eigenvalue weighted by atomic mass is 16.5. The lowest BCUT2D eigenvalue weighted by atomic mass is 10.0. The summed E-state index contributed by atoms with van der Waals surface area (Å²) < 4.78 is 5.45. The van der Waals surface area contributed by atoms with E-state index in [1.807, 2.05) is 58.0 Å². The van der Waals surface area contributed by atoms with E-state index in [1.165, 1.54) is 5.56 Å². The normalized spacial score (nSPS) is 25.2. The van der Waals surface area contributed by atoms with Crippen LogP contribution < -0.4 is 5.32 Å². The molecule has 1 fully saturated rings. The van der Waals surface area contributed by atoms with Crippen molar-refractivity contribution in [1.82, 2.24) is 0 Å². The van der Waals surface area contributed by atoms with Gasteiger partial charge in [-0.15, -0.1) is 5.11 Å². The van der Waals surface area contributed by atoms with Crippen molar-refractivity contribution in [3.63, 3.8) is 0 Å². The number of aryl methyl sites for hydroxylation is 4. The maximum absolute atomic E-state index is 10.2. The molecule has 0 radical (unpaired) electrons. The fraction of sp³-hybridized carbons (Fsp3) is 0.429. The molecular weight excluding hydrogens is 358 g/mol. The van der Waals surface area contributed by atoms with Crippen LogP contribution in [0, 0.1) is 27.7 Å². The molecule has 28 heavy (non-hydrogen) atoms. The second-order valence-electron chi connectivity index (χ2n) is 7.37. The highest BCUT2D eigenvalue weighted by Gasteiger charge is 2.37. The third-order valence-electron chi connectivity index (χ3n) is 5.17. The van der Waals surface area contributed by atoms with E-state index >= 15 is 0 Å². The molecule has 1 aliphatic heterocycles. The van der Waals surface area contributed by atoms with Crippen LogP contribution in [0.15, 0.2) is 40.6 Å². The number of nitrogens with one attached hydrogen (secondary N) is 1. The van der Waals surface area contributed by atoms with Crippen LogP contribution in [0.4, 0.5) is 17.1 Å². The van der Waals surface area contributed by atoms with Crippen molar-refractivity contribution in [2.75, 3.05) is 11.9 Å². The van der Waals surface area contributed by atoms with Crippen molar-refractivity contribution in [2.24, 2.45) is 10.2 Å². The Kier molecular flexibility index (Phi) is 6.10. The van der Waals surface area contributed by atoms with Crippen molar-refractivity contribution in [2.45, 2.75) is 52.2 Å². The van der Waals surface area contributed by atoms with Gasteiger partial charge in [0.2, 0.25) is 0 Å². The van der Waals surface area contributed by atoms with E-state index < -0.39 is 24.5 Å². The molecule has 0 unspecified atom stereocenters. The molecule has 7 heteroatoms. The van der Waals surface area contributed by atoms with Crippen LogP contribution in [0.3, 0.4) is 0 Å². The van der Waals surface area contributed by atoms with E-state index in [0.29, 0.717) is 11.4 Å². The first-order chi connectivity index (χ1) is 13.3. The first-order valence-electron chi connectivity index (χ1n) is 9.29. The molecule has 150 valence electrons. The second-order valence-corrected chi connectivity index (χ2v) is 7.37. The molecule has 3 rings (SSSR count). The summed E-state index contributed by atoms with van der Waals surface area (Å²) in [6.07, 6.45) is -4.53.